The maximum atomic E-state index is 12.7. The van der Waals surface area contributed by atoms with E-state index in [0.717, 1.165) is 18.5 Å². The first-order valence-corrected chi connectivity index (χ1v) is 6.77. The Morgan fingerprint density at radius 2 is 2.30 bits per heavy atom. The Balaban J connectivity index is 2.04. The summed E-state index contributed by atoms with van der Waals surface area (Å²) < 4.78 is 5.15. The number of hydrogen-bond donors (Lipinski definition) is 1. The number of rotatable bonds is 1. The van der Waals surface area contributed by atoms with Crippen LogP contribution in [0.25, 0.3) is 11.1 Å². The number of nitrogens with zero attached hydrogens (tertiary/aromatic N) is 3. The molecule has 1 fully saturated rings. The summed E-state index contributed by atoms with van der Waals surface area (Å²) >= 11 is 0. The summed E-state index contributed by atoms with van der Waals surface area (Å²) in [5.41, 5.74) is 2.33. The number of amides is 1. The number of hydrogen-bond acceptors (Lipinski definition) is 5. The topological polar surface area (TPSA) is 79.5 Å². The first kappa shape index (κ1) is 13.1. The molecule has 1 aliphatic heterocycles. The highest BCUT2D eigenvalue weighted by atomic mass is 16.5. The fraction of sp³-hybridized carbons (Fsp3) is 0.500. The predicted molar refractivity (Wildman–Crippen MR) is 72.4 cm³/mol. The second-order valence-corrected chi connectivity index (χ2v) is 5.31. The van der Waals surface area contributed by atoms with Gasteiger partial charge in [-0.2, -0.15) is 0 Å². The number of likely N-dealkylation sites (tertiary alicyclic amines) is 1. The second-order valence-electron chi connectivity index (χ2n) is 5.31. The summed E-state index contributed by atoms with van der Waals surface area (Å²) in [4.78, 5) is 18.6. The van der Waals surface area contributed by atoms with E-state index in [-0.39, 0.29) is 5.91 Å². The number of aromatic nitrogens is 2. The van der Waals surface area contributed by atoms with Crippen molar-refractivity contribution in [1.82, 2.24) is 15.0 Å². The molecule has 0 unspecified atom stereocenters. The first-order valence-electron chi connectivity index (χ1n) is 6.77. The smallest absolute Gasteiger partial charge is 0.258 e. The van der Waals surface area contributed by atoms with Crippen molar-refractivity contribution < 1.29 is 14.4 Å². The number of carbonyl (C=O) groups is 1. The highest BCUT2D eigenvalue weighted by Crippen LogP contribution is 2.24. The zero-order valence-electron chi connectivity index (χ0n) is 11.6. The normalized spacial score (nSPS) is 19.6. The molecule has 0 bridgehead atoms. The number of aliphatic hydroxyl groups excluding tert-OH is 1. The van der Waals surface area contributed by atoms with Crippen molar-refractivity contribution in [2.75, 3.05) is 13.1 Å². The number of carbonyl (C=O) groups excluding carboxylic acids is 1. The Morgan fingerprint density at radius 3 is 3.05 bits per heavy atom. The highest BCUT2D eigenvalue weighted by Gasteiger charge is 2.26. The van der Waals surface area contributed by atoms with E-state index in [1.165, 1.54) is 0 Å². The van der Waals surface area contributed by atoms with Crippen molar-refractivity contribution in [3.63, 3.8) is 0 Å². The minimum Gasteiger partial charge on any atom is -0.391 e. The van der Waals surface area contributed by atoms with Gasteiger partial charge in [0.25, 0.3) is 11.6 Å². The Bertz CT molecular complexity index is 665. The van der Waals surface area contributed by atoms with E-state index in [2.05, 4.69) is 10.1 Å². The van der Waals surface area contributed by atoms with Gasteiger partial charge in [-0.1, -0.05) is 5.16 Å². The van der Waals surface area contributed by atoms with Crippen LogP contribution in [0, 0.1) is 13.8 Å². The van der Waals surface area contributed by atoms with E-state index < -0.39 is 6.10 Å². The van der Waals surface area contributed by atoms with Crippen LogP contribution in [0.4, 0.5) is 0 Å². The van der Waals surface area contributed by atoms with Crippen LogP contribution < -0.4 is 0 Å². The van der Waals surface area contributed by atoms with Crippen molar-refractivity contribution >= 4 is 17.0 Å². The van der Waals surface area contributed by atoms with Crippen LogP contribution in [0.15, 0.2) is 10.6 Å². The van der Waals surface area contributed by atoms with Crippen LogP contribution in [0.5, 0.6) is 0 Å². The monoisotopic (exact) mass is 275 g/mol. The first-order chi connectivity index (χ1) is 9.56. The van der Waals surface area contributed by atoms with Crippen LogP contribution in [0.1, 0.15) is 34.6 Å². The lowest BCUT2D eigenvalue weighted by atomic mass is 10.0. The quantitative estimate of drug-likeness (QED) is 0.851. The fourth-order valence-electron chi connectivity index (χ4n) is 2.70. The zero-order chi connectivity index (χ0) is 14.3. The third-order valence-electron chi connectivity index (χ3n) is 3.66. The van der Waals surface area contributed by atoms with Crippen LogP contribution in [0.3, 0.4) is 0 Å². The zero-order valence-corrected chi connectivity index (χ0v) is 11.6. The molecular weight excluding hydrogens is 258 g/mol. The Kier molecular flexibility index (Phi) is 3.17. The predicted octanol–water partition coefficient (Wildman–Crippen LogP) is 1.44. The molecule has 1 saturated heterocycles. The third-order valence-corrected chi connectivity index (χ3v) is 3.66. The molecule has 0 aliphatic carbocycles. The number of pyridine rings is 1. The largest absolute Gasteiger partial charge is 0.391 e. The number of β-amino-alcohol motifs (C(OH)–C–C–N with tert-alkyl or cyclic N) is 1. The lowest BCUT2D eigenvalue weighted by Crippen LogP contribution is -2.42. The van der Waals surface area contributed by atoms with Crippen molar-refractivity contribution in [3.05, 3.63) is 23.0 Å². The van der Waals surface area contributed by atoms with Gasteiger partial charge in [0, 0.05) is 18.8 Å². The minimum atomic E-state index is -0.435. The SMILES string of the molecule is Cc1cc(C(=O)N2CCC[C@H](O)C2)c2c(C)noc2n1. The van der Waals surface area contributed by atoms with Gasteiger partial charge in [-0.15, -0.1) is 0 Å². The fourth-order valence-corrected chi connectivity index (χ4v) is 2.70. The Labute approximate surface area is 116 Å². The summed E-state index contributed by atoms with van der Waals surface area (Å²) in [5.74, 6) is -0.0921. The minimum absolute atomic E-state index is 0.0921. The maximum absolute atomic E-state index is 12.7. The molecule has 1 N–H and O–H groups in total. The number of aliphatic hydroxyl groups is 1. The van der Waals surface area contributed by atoms with Gasteiger partial charge in [-0.3, -0.25) is 4.79 Å². The molecule has 20 heavy (non-hydrogen) atoms. The van der Waals surface area contributed by atoms with Gasteiger partial charge in [0.15, 0.2) is 0 Å². The lowest BCUT2D eigenvalue weighted by molar-refractivity contribution is 0.0475. The maximum Gasteiger partial charge on any atom is 0.258 e. The van der Waals surface area contributed by atoms with Crippen LogP contribution >= 0.6 is 0 Å². The van der Waals surface area contributed by atoms with Gasteiger partial charge in [0.2, 0.25) is 0 Å². The van der Waals surface area contributed by atoms with Crippen molar-refractivity contribution in [2.45, 2.75) is 32.8 Å². The Hall–Kier alpha value is -1.95. The molecular formula is C14H17N3O3. The summed E-state index contributed by atoms with van der Waals surface area (Å²) in [7, 11) is 0. The average molecular weight is 275 g/mol. The highest BCUT2D eigenvalue weighted by molar-refractivity contribution is 6.06. The van der Waals surface area contributed by atoms with Crippen molar-refractivity contribution in [3.8, 4) is 0 Å². The van der Waals surface area contributed by atoms with Crippen molar-refractivity contribution in [1.29, 1.82) is 0 Å². The van der Waals surface area contributed by atoms with E-state index >= 15 is 0 Å². The molecule has 6 heteroatoms. The van der Waals surface area contributed by atoms with E-state index in [4.69, 9.17) is 4.52 Å². The summed E-state index contributed by atoms with van der Waals surface area (Å²) in [6, 6.07) is 1.76. The van der Waals surface area contributed by atoms with Crippen molar-refractivity contribution in [2.24, 2.45) is 0 Å². The molecule has 2 aromatic rings. The van der Waals surface area contributed by atoms with Gasteiger partial charge >= 0.3 is 0 Å². The lowest BCUT2D eigenvalue weighted by Gasteiger charge is -2.30. The molecule has 3 rings (SSSR count). The molecule has 0 saturated carbocycles. The van der Waals surface area contributed by atoms with Crippen LogP contribution in [-0.4, -0.2) is 45.2 Å². The van der Waals surface area contributed by atoms with Gasteiger partial charge in [0.05, 0.1) is 22.7 Å². The second kappa shape index (κ2) is 4.86. The molecule has 0 aromatic carbocycles. The molecule has 1 aliphatic rings. The van der Waals surface area contributed by atoms with Gasteiger partial charge in [-0.05, 0) is 32.8 Å². The average Bonchev–Trinajstić information content (AvgIpc) is 2.78. The summed E-state index contributed by atoms with van der Waals surface area (Å²) in [6.07, 6.45) is 1.14. The van der Waals surface area contributed by atoms with E-state index in [1.54, 1.807) is 17.9 Å². The molecule has 0 radical (unpaired) electrons. The van der Waals surface area contributed by atoms with E-state index in [0.29, 0.717) is 35.4 Å². The molecule has 2 aromatic heterocycles. The summed E-state index contributed by atoms with van der Waals surface area (Å²) in [5, 5.41) is 14.3. The molecule has 3 heterocycles. The molecule has 1 atom stereocenters. The summed E-state index contributed by atoms with van der Waals surface area (Å²) in [6.45, 7) is 4.67. The van der Waals surface area contributed by atoms with E-state index in [9.17, 15) is 9.90 Å². The molecule has 1 amide bonds. The van der Waals surface area contributed by atoms with Gasteiger partial charge in [0.1, 0.15) is 0 Å². The molecule has 0 spiro atoms. The number of aryl methyl sites for hydroxylation is 2. The number of fused-ring (bicyclic) bond motifs is 1. The van der Waals surface area contributed by atoms with Gasteiger partial charge < -0.3 is 14.5 Å². The Morgan fingerprint density at radius 1 is 1.50 bits per heavy atom. The molecule has 6 nitrogen and oxygen atoms in total. The van der Waals surface area contributed by atoms with Gasteiger partial charge in [-0.25, -0.2) is 4.98 Å². The molecule has 106 valence electrons. The standard InChI is InChI=1S/C14H17N3O3/c1-8-6-11(12-9(2)16-20-13(12)15-8)14(19)17-5-3-4-10(18)7-17/h6,10,18H,3-5,7H2,1-2H3/t10-/m0/s1. The third kappa shape index (κ3) is 2.16. The van der Waals surface area contributed by atoms with Crippen LogP contribution in [-0.2, 0) is 0 Å². The van der Waals surface area contributed by atoms with Crippen LogP contribution in [0.2, 0.25) is 0 Å². The number of piperidine rings is 1. The van der Waals surface area contributed by atoms with E-state index in [1.807, 2.05) is 6.92 Å².